The lowest BCUT2D eigenvalue weighted by molar-refractivity contribution is 0.122. The minimum absolute atomic E-state index is 0.00390. The second-order valence-corrected chi connectivity index (χ2v) is 6.04. The van der Waals surface area contributed by atoms with Crippen molar-refractivity contribution < 1.29 is 4.74 Å². The molecule has 20 heavy (non-hydrogen) atoms. The third kappa shape index (κ3) is 2.92. The first-order chi connectivity index (χ1) is 9.54. The minimum atomic E-state index is -0.00390. The van der Waals surface area contributed by atoms with E-state index >= 15 is 0 Å². The summed E-state index contributed by atoms with van der Waals surface area (Å²) in [6.07, 6.45) is 2.52. The number of hydrogen-bond acceptors (Lipinski definition) is 7. The summed E-state index contributed by atoms with van der Waals surface area (Å²) in [5, 5.41) is 3.40. The Morgan fingerprint density at radius 1 is 1.20 bits per heavy atom. The minimum Gasteiger partial charge on any atom is -0.378 e. The summed E-state index contributed by atoms with van der Waals surface area (Å²) in [7, 11) is 0. The molecule has 1 aromatic heterocycles. The van der Waals surface area contributed by atoms with Crippen molar-refractivity contribution in [3.05, 3.63) is 0 Å². The van der Waals surface area contributed by atoms with Gasteiger partial charge in [0.25, 0.3) is 0 Å². The van der Waals surface area contributed by atoms with Gasteiger partial charge < -0.3 is 20.7 Å². The molecule has 0 unspecified atom stereocenters. The number of nitrogens with one attached hydrogen (secondary N) is 1. The number of morpholine rings is 1. The highest BCUT2D eigenvalue weighted by Gasteiger charge is 2.38. The molecule has 0 amide bonds. The Labute approximate surface area is 118 Å². The van der Waals surface area contributed by atoms with Crippen LogP contribution in [0.3, 0.4) is 0 Å². The normalized spacial score (nSPS) is 20.0. The van der Waals surface area contributed by atoms with Crippen LogP contribution in [0.15, 0.2) is 0 Å². The van der Waals surface area contributed by atoms with Crippen LogP contribution in [-0.4, -0.2) is 46.8 Å². The molecule has 3 N–H and O–H groups in total. The lowest BCUT2D eigenvalue weighted by Gasteiger charge is -2.29. The fourth-order valence-corrected chi connectivity index (χ4v) is 2.54. The second-order valence-electron chi connectivity index (χ2n) is 6.04. The number of rotatable bonds is 4. The summed E-state index contributed by atoms with van der Waals surface area (Å²) < 4.78 is 5.34. The van der Waals surface area contributed by atoms with Crippen molar-refractivity contribution in [3.8, 4) is 0 Å². The van der Waals surface area contributed by atoms with Gasteiger partial charge in [0.1, 0.15) is 0 Å². The van der Waals surface area contributed by atoms with Crippen LogP contribution in [-0.2, 0) is 4.74 Å². The predicted molar refractivity (Wildman–Crippen MR) is 77.7 cm³/mol. The van der Waals surface area contributed by atoms with E-state index in [0.29, 0.717) is 31.0 Å². The van der Waals surface area contributed by atoms with Crippen LogP contribution in [0.4, 0.5) is 17.8 Å². The molecule has 0 spiro atoms. The molecule has 2 heterocycles. The second kappa shape index (κ2) is 5.05. The Hall–Kier alpha value is -1.63. The van der Waals surface area contributed by atoms with E-state index in [1.54, 1.807) is 0 Å². The van der Waals surface area contributed by atoms with Crippen molar-refractivity contribution >= 4 is 17.8 Å². The fraction of sp³-hybridized carbons (Fsp3) is 0.769. The lowest BCUT2D eigenvalue weighted by Crippen LogP contribution is -2.38. The highest BCUT2D eigenvalue weighted by molar-refractivity contribution is 5.43. The predicted octanol–water partition coefficient (Wildman–Crippen LogP) is 0.891. The molecule has 0 bridgehead atoms. The quantitative estimate of drug-likeness (QED) is 0.845. The van der Waals surface area contributed by atoms with Crippen LogP contribution in [0.2, 0.25) is 0 Å². The molecular weight excluding hydrogens is 256 g/mol. The van der Waals surface area contributed by atoms with Crippen molar-refractivity contribution in [2.75, 3.05) is 42.3 Å². The van der Waals surface area contributed by atoms with E-state index in [1.807, 2.05) is 0 Å². The highest BCUT2D eigenvalue weighted by atomic mass is 16.5. The van der Waals surface area contributed by atoms with E-state index < -0.39 is 0 Å². The molecule has 2 aliphatic rings. The molecule has 0 aromatic carbocycles. The van der Waals surface area contributed by atoms with Crippen molar-refractivity contribution in [2.24, 2.45) is 5.92 Å². The maximum atomic E-state index is 5.82. The molecular formula is C13H22N6O. The van der Waals surface area contributed by atoms with Crippen molar-refractivity contribution in [3.63, 3.8) is 0 Å². The standard InChI is InChI=1S/C13H22N6O/c1-13(2,9-3-4-9)18-11-15-10(14)16-12(17-11)19-5-7-20-8-6-19/h9H,3-8H2,1-2H3,(H3,14,15,16,17,18). The summed E-state index contributed by atoms with van der Waals surface area (Å²) >= 11 is 0. The Kier molecular flexibility index (Phi) is 3.37. The average Bonchev–Trinajstić information content (AvgIpc) is 3.23. The number of aromatic nitrogens is 3. The van der Waals surface area contributed by atoms with E-state index in [0.717, 1.165) is 13.1 Å². The van der Waals surface area contributed by atoms with E-state index in [-0.39, 0.29) is 11.5 Å². The zero-order chi connectivity index (χ0) is 14.2. The van der Waals surface area contributed by atoms with Gasteiger partial charge in [-0.15, -0.1) is 0 Å². The summed E-state index contributed by atoms with van der Waals surface area (Å²) in [6, 6.07) is 0. The van der Waals surface area contributed by atoms with Crippen molar-refractivity contribution in [2.45, 2.75) is 32.2 Å². The van der Waals surface area contributed by atoms with Gasteiger partial charge in [-0.25, -0.2) is 0 Å². The molecule has 2 fully saturated rings. The van der Waals surface area contributed by atoms with Crippen LogP contribution in [0.1, 0.15) is 26.7 Å². The molecule has 1 aliphatic carbocycles. The lowest BCUT2D eigenvalue weighted by atomic mass is 9.99. The van der Waals surface area contributed by atoms with Crippen LogP contribution in [0.25, 0.3) is 0 Å². The maximum absolute atomic E-state index is 5.82. The van der Waals surface area contributed by atoms with Gasteiger partial charge in [0, 0.05) is 18.6 Å². The molecule has 0 radical (unpaired) electrons. The zero-order valence-electron chi connectivity index (χ0n) is 12.1. The largest absolute Gasteiger partial charge is 0.378 e. The molecule has 0 atom stereocenters. The van der Waals surface area contributed by atoms with Gasteiger partial charge in [-0.2, -0.15) is 15.0 Å². The maximum Gasteiger partial charge on any atom is 0.232 e. The van der Waals surface area contributed by atoms with E-state index in [1.165, 1.54) is 12.8 Å². The Bertz CT molecular complexity index is 482. The average molecular weight is 278 g/mol. The molecule has 1 saturated heterocycles. The molecule has 110 valence electrons. The van der Waals surface area contributed by atoms with Gasteiger partial charge >= 0.3 is 0 Å². The van der Waals surface area contributed by atoms with Crippen molar-refractivity contribution in [1.29, 1.82) is 0 Å². The summed E-state index contributed by atoms with van der Waals surface area (Å²) in [5.74, 6) is 2.15. The number of hydrogen-bond donors (Lipinski definition) is 2. The first kappa shape index (κ1) is 13.4. The summed E-state index contributed by atoms with van der Waals surface area (Å²) in [5.41, 5.74) is 5.81. The number of anilines is 3. The third-order valence-corrected chi connectivity index (χ3v) is 3.97. The molecule has 7 heteroatoms. The van der Waals surface area contributed by atoms with Crippen LogP contribution in [0, 0.1) is 5.92 Å². The molecule has 3 rings (SSSR count). The molecule has 1 saturated carbocycles. The van der Waals surface area contributed by atoms with Gasteiger partial charge in [0.05, 0.1) is 13.2 Å². The van der Waals surface area contributed by atoms with E-state index in [2.05, 4.69) is 39.0 Å². The zero-order valence-corrected chi connectivity index (χ0v) is 12.1. The van der Waals surface area contributed by atoms with Gasteiger partial charge in [0.15, 0.2) is 0 Å². The number of nitrogen functional groups attached to an aromatic ring is 1. The van der Waals surface area contributed by atoms with Crippen LogP contribution in [0.5, 0.6) is 0 Å². The molecule has 7 nitrogen and oxygen atoms in total. The van der Waals surface area contributed by atoms with Crippen molar-refractivity contribution in [1.82, 2.24) is 15.0 Å². The first-order valence-electron chi connectivity index (χ1n) is 7.17. The Balaban J connectivity index is 1.78. The Morgan fingerprint density at radius 3 is 2.55 bits per heavy atom. The third-order valence-electron chi connectivity index (χ3n) is 3.97. The summed E-state index contributed by atoms with van der Waals surface area (Å²) in [4.78, 5) is 15.0. The van der Waals surface area contributed by atoms with E-state index in [9.17, 15) is 0 Å². The fourth-order valence-electron chi connectivity index (χ4n) is 2.54. The Morgan fingerprint density at radius 2 is 1.90 bits per heavy atom. The van der Waals surface area contributed by atoms with Gasteiger partial charge in [-0.05, 0) is 32.6 Å². The number of nitrogens with two attached hydrogens (primary N) is 1. The number of nitrogens with zero attached hydrogens (tertiary/aromatic N) is 4. The smallest absolute Gasteiger partial charge is 0.232 e. The van der Waals surface area contributed by atoms with E-state index in [4.69, 9.17) is 10.5 Å². The van der Waals surface area contributed by atoms with Crippen LogP contribution >= 0.6 is 0 Å². The van der Waals surface area contributed by atoms with Crippen LogP contribution < -0.4 is 16.0 Å². The first-order valence-corrected chi connectivity index (χ1v) is 7.17. The number of ether oxygens (including phenoxy) is 1. The molecule has 1 aliphatic heterocycles. The summed E-state index contributed by atoms with van der Waals surface area (Å²) in [6.45, 7) is 7.33. The van der Waals surface area contributed by atoms with Gasteiger partial charge in [-0.1, -0.05) is 0 Å². The van der Waals surface area contributed by atoms with Gasteiger partial charge in [0.2, 0.25) is 17.8 Å². The monoisotopic (exact) mass is 278 g/mol. The SMILES string of the molecule is CC(C)(Nc1nc(N)nc(N2CCOCC2)n1)C1CC1. The van der Waals surface area contributed by atoms with Gasteiger partial charge in [-0.3, -0.25) is 0 Å². The molecule has 1 aromatic rings. The highest BCUT2D eigenvalue weighted by Crippen LogP contribution is 2.40. The topological polar surface area (TPSA) is 89.2 Å².